The van der Waals surface area contributed by atoms with Crippen molar-refractivity contribution in [1.29, 1.82) is 0 Å². The average Bonchev–Trinajstić information content (AvgIpc) is 2.95. The Morgan fingerprint density at radius 1 is 1.38 bits per heavy atom. The first-order valence-electron chi connectivity index (χ1n) is 6.91. The van der Waals surface area contributed by atoms with E-state index in [1.165, 1.54) is 12.0 Å². The van der Waals surface area contributed by atoms with Crippen molar-refractivity contribution in [3.05, 3.63) is 23.8 Å². The van der Waals surface area contributed by atoms with Gasteiger partial charge in [0.15, 0.2) is 0 Å². The van der Waals surface area contributed by atoms with Crippen LogP contribution < -0.4 is 10.5 Å². The van der Waals surface area contributed by atoms with Crippen LogP contribution in [0.5, 0.6) is 5.75 Å². The molecule has 1 aromatic rings. The maximum Gasteiger partial charge on any atom is 0.256 e. The number of nitrogens with zero attached hydrogens (tertiary/aromatic N) is 2. The Balaban J connectivity index is 2.28. The second-order valence-corrected chi connectivity index (χ2v) is 5.34. The van der Waals surface area contributed by atoms with E-state index < -0.39 is 6.04 Å². The average molecular weight is 291 g/mol. The van der Waals surface area contributed by atoms with Crippen LogP contribution in [0, 0.1) is 0 Å². The van der Waals surface area contributed by atoms with Crippen molar-refractivity contribution >= 4 is 17.5 Å². The summed E-state index contributed by atoms with van der Waals surface area (Å²) < 4.78 is 5.13. The van der Waals surface area contributed by atoms with Gasteiger partial charge in [0.05, 0.1) is 12.7 Å². The van der Waals surface area contributed by atoms with Gasteiger partial charge in [-0.3, -0.25) is 9.59 Å². The lowest BCUT2D eigenvalue weighted by molar-refractivity contribution is -0.132. The molecule has 1 aliphatic heterocycles. The van der Waals surface area contributed by atoms with Crippen LogP contribution >= 0.6 is 0 Å². The predicted octanol–water partition coefficient (Wildman–Crippen LogP) is 0.970. The van der Waals surface area contributed by atoms with E-state index in [9.17, 15) is 9.59 Å². The number of nitrogens with two attached hydrogens (primary N) is 1. The zero-order valence-electron chi connectivity index (χ0n) is 12.6. The highest BCUT2D eigenvalue weighted by atomic mass is 16.5. The summed E-state index contributed by atoms with van der Waals surface area (Å²) in [5.74, 6) is 0.300. The summed E-state index contributed by atoms with van der Waals surface area (Å²) in [7, 11) is 4.93. The van der Waals surface area contributed by atoms with Gasteiger partial charge in [-0.1, -0.05) is 0 Å². The normalized spacial score (nSPS) is 17.7. The monoisotopic (exact) mass is 291 g/mol. The van der Waals surface area contributed by atoms with Crippen molar-refractivity contribution in [3.63, 3.8) is 0 Å². The van der Waals surface area contributed by atoms with Gasteiger partial charge in [-0.2, -0.15) is 0 Å². The van der Waals surface area contributed by atoms with Crippen molar-refractivity contribution in [2.24, 2.45) is 0 Å². The molecule has 6 nitrogen and oxygen atoms in total. The Morgan fingerprint density at radius 3 is 2.71 bits per heavy atom. The van der Waals surface area contributed by atoms with Crippen LogP contribution in [0.1, 0.15) is 23.2 Å². The van der Waals surface area contributed by atoms with Gasteiger partial charge in [-0.15, -0.1) is 0 Å². The first-order valence-corrected chi connectivity index (χ1v) is 6.91. The van der Waals surface area contributed by atoms with E-state index >= 15 is 0 Å². The summed E-state index contributed by atoms with van der Waals surface area (Å²) in [6, 6.07) is 4.56. The van der Waals surface area contributed by atoms with Gasteiger partial charge in [0.1, 0.15) is 11.8 Å². The van der Waals surface area contributed by atoms with Crippen molar-refractivity contribution in [2.75, 3.05) is 33.5 Å². The molecule has 0 aromatic heterocycles. The number of likely N-dealkylation sites (tertiary alicyclic amines) is 1. The van der Waals surface area contributed by atoms with Crippen molar-refractivity contribution in [1.82, 2.24) is 9.80 Å². The lowest BCUT2D eigenvalue weighted by Gasteiger charge is -2.26. The molecule has 2 N–H and O–H groups in total. The second kappa shape index (κ2) is 6.03. The highest BCUT2D eigenvalue weighted by Crippen LogP contribution is 2.26. The lowest BCUT2D eigenvalue weighted by Crippen LogP contribution is -2.45. The molecule has 21 heavy (non-hydrogen) atoms. The van der Waals surface area contributed by atoms with Crippen molar-refractivity contribution in [2.45, 2.75) is 18.9 Å². The van der Waals surface area contributed by atoms with Crippen LogP contribution in [0.25, 0.3) is 0 Å². The molecule has 114 valence electrons. The number of amides is 2. The topological polar surface area (TPSA) is 75.9 Å². The fourth-order valence-corrected chi connectivity index (χ4v) is 2.57. The molecule has 1 saturated heterocycles. The predicted molar refractivity (Wildman–Crippen MR) is 80.2 cm³/mol. The van der Waals surface area contributed by atoms with Crippen molar-refractivity contribution in [3.8, 4) is 5.75 Å². The molecule has 1 aliphatic rings. The summed E-state index contributed by atoms with van der Waals surface area (Å²) in [6.07, 6.45) is 1.51. The third kappa shape index (κ3) is 2.94. The fraction of sp³-hybridized carbons (Fsp3) is 0.467. The van der Waals surface area contributed by atoms with Gasteiger partial charge >= 0.3 is 0 Å². The molecule has 0 bridgehead atoms. The zero-order chi connectivity index (χ0) is 15.6. The number of carbonyl (C=O) groups excluding carboxylic acids is 2. The highest BCUT2D eigenvalue weighted by molar-refractivity contribution is 6.02. The van der Waals surface area contributed by atoms with Crippen LogP contribution in [0.3, 0.4) is 0 Å². The van der Waals surface area contributed by atoms with Crippen molar-refractivity contribution < 1.29 is 14.3 Å². The van der Waals surface area contributed by atoms with E-state index in [1.807, 2.05) is 0 Å². The summed E-state index contributed by atoms with van der Waals surface area (Å²) in [5, 5.41) is 0. The number of ether oxygens (including phenoxy) is 1. The number of likely N-dealkylation sites (N-methyl/N-ethyl adjacent to an activating group) is 1. The second-order valence-electron chi connectivity index (χ2n) is 5.34. The SMILES string of the molecule is COc1ccc(N)c(C(=O)N2CCCC2C(=O)N(C)C)c1. The maximum absolute atomic E-state index is 12.7. The Bertz CT molecular complexity index is 557. The minimum absolute atomic E-state index is 0.0534. The number of hydrogen-bond donors (Lipinski definition) is 1. The summed E-state index contributed by atoms with van der Waals surface area (Å²) in [5.41, 5.74) is 6.67. The fourth-order valence-electron chi connectivity index (χ4n) is 2.57. The van der Waals surface area contributed by atoms with Crippen LogP contribution in [-0.4, -0.2) is 55.4 Å². The lowest BCUT2D eigenvalue weighted by atomic mass is 10.1. The largest absolute Gasteiger partial charge is 0.497 e. The highest BCUT2D eigenvalue weighted by Gasteiger charge is 2.35. The first kappa shape index (κ1) is 15.2. The van der Waals surface area contributed by atoms with Gasteiger partial charge < -0.3 is 20.3 Å². The van der Waals surface area contributed by atoms with Gasteiger partial charge in [0, 0.05) is 26.3 Å². The zero-order valence-corrected chi connectivity index (χ0v) is 12.6. The molecule has 1 fully saturated rings. The van der Waals surface area contributed by atoms with E-state index in [0.717, 1.165) is 6.42 Å². The minimum atomic E-state index is -0.405. The van der Waals surface area contributed by atoms with Crippen LogP contribution in [0.4, 0.5) is 5.69 Å². The van der Waals surface area contributed by atoms with Gasteiger partial charge in [0.25, 0.3) is 5.91 Å². The number of benzene rings is 1. The van der Waals surface area contributed by atoms with Gasteiger partial charge in [-0.25, -0.2) is 0 Å². The summed E-state index contributed by atoms with van der Waals surface area (Å²) in [6.45, 7) is 0.569. The molecule has 2 rings (SSSR count). The molecule has 2 amide bonds. The summed E-state index contributed by atoms with van der Waals surface area (Å²) in [4.78, 5) is 28.0. The molecular formula is C15H21N3O3. The Labute approximate surface area is 124 Å². The Hall–Kier alpha value is -2.24. The number of nitrogen functional groups attached to an aromatic ring is 1. The Morgan fingerprint density at radius 2 is 2.10 bits per heavy atom. The van der Waals surface area contributed by atoms with Gasteiger partial charge in [0.2, 0.25) is 5.91 Å². The van der Waals surface area contributed by atoms with E-state index in [0.29, 0.717) is 30.0 Å². The molecule has 1 unspecified atom stereocenters. The number of hydrogen-bond acceptors (Lipinski definition) is 4. The standard InChI is InChI=1S/C15H21N3O3/c1-17(2)15(20)13-5-4-8-18(13)14(19)11-9-10(21-3)6-7-12(11)16/h6-7,9,13H,4-5,8,16H2,1-3H3. The van der Waals surface area contributed by atoms with Crippen LogP contribution in [-0.2, 0) is 4.79 Å². The Kier molecular flexibility index (Phi) is 4.35. The van der Waals surface area contributed by atoms with E-state index in [2.05, 4.69) is 0 Å². The smallest absolute Gasteiger partial charge is 0.256 e. The maximum atomic E-state index is 12.7. The molecule has 1 aromatic carbocycles. The third-order valence-corrected chi connectivity index (χ3v) is 3.73. The van der Waals surface area contributed by atoms with Gasteiger partial charge in [-0.05, 0) is 31.0 Å². The van der Waals surface area contributed by atoms with E-state index in [4.69, 9.17) is 10.5 Å². The van der Waals surface area contributed by atoms with E-state index in [1.54, 1.807) is 37.2 Å². The minimum Gasteiger partial charge on any atom is -0.497 e. The molecular weight excluding hydrogens is 270 g/mol. The number of methoxy groups -OCH3 is 1. The quantitative estimate of drug-likeness (QED) is 0.842. The number of rotatable bonds is 3. The number of anilines is 1. The molecule has 0 saturated carbocycles. The molecule has 6 heteroatoms. The van der Waals surface area contributed by atoms with E-state index in [-0.39, 0.29) is 11.8 Å². The molecule has 0 spiro atoms. The summed E-state index contributed by atoms with van der Waals surface area (Å²) >= 11 is 0. The first-order chi connectivity index (χ1) is 9.95. The molecule has 0 radical (unpaired) electrons. The molecule has 1 heterocycles. The third-order valence-electron chi connectivity index (χ3n) is 3.73. The van der Waals surface area contributed by atoms with Crippen LogP contribution in [0.2, 0.25) is 0 Å². The number of carbonyl (C=O) groups is 2. The van der Waals surface area contributed by atoms with Crippen LogP contribution in [0.15, 0.2) is 18.2 Å². The molecule has 1 atom stereocenters. The molecule has 0 aliphatic carbocycles.